The zero-order valence-electron chi connectivity index (χ0n) is 12.4. The molecule has 0 aliphatic carbocycles. The van der Waals surface area contributed by atoms with Crippen LogP contribution in [-0.4, -0.2) is 27.0 Å². The van der Waals surface area contributed by atoms with Crippen molar-refractivity contribution in [3.05, 3.63) is 67.3 Å². The fourth-order valence-electron chi connectivity index (χ4n) is 1.87. The van der Waals surface area contributed by atoms with Gasteiger partial charge in [-0.25, -0.2) is 4.79 Å². The lowest BCUT2D eigenvalue weighted by Gasteiger charge is -2.12. The van der Waals surface area contributed by atoms with Crippen LogP contribution in [0.4, 0.5) is 11.4 Å². The third-order valence-electron chi connectivity index (χ3n) is 3.03. The van der Waals surface area contributed by atoms with E-state index in [1.165, 1.54) is 36.4 Å². The van der Waals surface area contributed by atoms with Gasteiger partial charge in [-0.05, 0) is 65.1 Å². The number of carboxylic acid groups (broad SMARTS) is 1. The number of hydrogen-bond donors (Lipinski definition) is 3. The number of nitro groups is 1. The van der Waals surface area contributed by atoms with E-state index < -0.39 is 16.8 Å². The average molecular weight is 471 g/mol. The predicted octanol–water partition coefficient (Wildman–Crippen LogP) is 3.02. The lowest BCUT2D eigenvalue weighted by atomic mass is 10.2. The van der Waals surface area contributed by atoms with Gasteiger partial charge in [-0.2, -0.15) is 0 Å². The number of halogens is 1. The monoisotopic (exact) mass is 471 g/mol. The number of carbonyl (C=O) groups is 2. The van der Waals surface area contributed by atoms with Crippen molar-refractivity contribution < 1.29 is 19.6 Å². The number of nitrogens with one attached hydrogen (secondary N) is 2. The number of thiocarbonyl (C=S) groups is 1. The van der Waals surface area contributed by atoms with Crippen molar-refractivity contribution >= 4 is 63.2 Å². The van der Waals surface area contributed by atoms with Gasteiger partial charge in [0.2, 0.25) is 0 Å². The van der Waals surface area contributed by atoms with Gasteiger partial charge in [-0.15, -0.1) is 0 Å². The number of nitrogens with zero attached hydrogens (tertiary/aromatic N) is 1. The van der Waals surface area contributed by atoms with E-state index in [1.54, 1.807) is 6.07 Å². The molecule has 0 fully saturated rings. The first kappa shape index (κ1) is 18.7. The maximum Gasteiger partial charge on any atom is 0.337 e. The Balaban J connectivity index is 2.08. The van der Waals surface area contributed by atoms with Crippen molar-refractivity contribution in [2.45, 2.75) is 0 Å². The molecule has 10 heteroatoms. The molecule has 8 nitrogen and oxygen atoms in total. The summed E-state index contributed by atoms with van der Waals surface area (Å²) in [4.78, 5) is 33.4. The molecule has 0 saturated carbocycles. The van der Waals surface area contributed by atoms with Crippen LogP contribution in [0.5, 0.6) is 0 Å². The van der Waals surface area contributed by atoms with Crippen LogP contribution in [0.25, 0.3) is 0 Å². The van der Waals surface area contributed by atoms with E-state index in [0.29, 0.717) is 0 Å². The maximum atomic E-state index is 12.1. The molecule has 25 heavy (non-hydrogen) atoms. The Labute approximate surface area is 160 Å². The summed E-state index contributed by atoms with van der Waals surface area (Å²) in [5.74, 6) is -1.71. The second-order valence-electron chi connectivity index (χ2n) is 4.71. The summed E-state index contributed by atoms with van der Waals surface area (Å²) >= 11 is 6.99. The minimum atomic E-state index is -1.13. The largest absolute Gasteiger partial charge is 0.478 e. The molecule has 0 unspecified atom stereocenters. The molecule has 0 aliphatic heterocycles. The van der Waals surface area contributed by atoms with E-state index in [2.05, 4.69) is 10.6 Å². The summed E-state index contributed by atoms with van der Waals surface area (Å²) in [6.07, 6.45) is 0. The Bertz CT molecular complexity index is 870. The number of anilines is 1. The van der Waals surface area contributed by atoms with Crippen molar-refractivity contribution in [3.8, 4) is 0 Å². The molecule has 0 atom stereocenters. The van der Waals surface area contributed by atoms with Gasteiger partial charge >= 0.3 is 5.97 Å². The average Bonchev–Trinajstić information content (AvgIpc) is 2.56. The molecule has 0 radical (unpaired) electrons. The van der Waals surface area contributed by atoms with Gasteiger partial charge in [-0.3, -0.25) is 20.2 Å². The zero-order chi connectivity index (χ0) is 18.6. The predicted molar refractivity (Wildman–Crippen MR) is 103 cm³/mol. The number of benzene rings is 2. The van der Waals surface area contributed by atoms with Crippen LogP contribution in [-0.2, 0) is 0 Å². The van der Waals surface area contributed by atoms with Gasteiger partial charge in [0.15, 0.2) is 5.11 Å². The SMILES string of the molecule is O=C(NC(=S)Nc1ccc(I)cc1C(=O)O)c1ccc([N+](=O)[O-])cc1. The molecule has 2 rings (SSSR count). The van der Waals surface area contributed by atoms with Crippen molar-refractivity contribution in [1.82, 2.24) is 5.32 Å². The quantitative estimate of drug-likeness (QED) is 0.271. The maximum absolute atomic E-state index is 12.1. The number of carboxylic acids is 1. The number of rotatable bonds is 4. The molecule has 1 amide bonds. The highest BCUT2D eigenvalue weighted by molar-refractivity contribution is 14.1. The molecule has 2 aromatic rings. The summed E-state index contributed by atoms with van der Waals surface area (Å²) in [6, 6.07) is 9.69. The van der Waals surface area contributed by atoms with Gasteiger partial charge in [0, 0.05) is 21.3 Å². The Kier molecular flexibility index (Phi) is 5.98. The molecule has 0 spiro atoms. The Morgan fingerprint density at radius 2 is 1.80 bits per heavy atom. The Morgan fingerprint density at radius 1 is 1.16 bits per heavy atom. The van der Waals surface area contributed by atoms with Gasteiger partial charge in [-0.1, -0.05) is 0 Å². The summed E-state index contributed by atoms with van der Waals surface area (Å²) in [5, 5.41) is 24.8. The van der Waals surface area contributed by atoms with Gasteiger partial charge in [0.1, 0.15) is 0 Å². The summed E-state index contributed by atoms with van der Waals surface area (Å²) in [6.45, 7) is 0. The highest BCUT2D eigenvalue weighted by Gasteiger charge is 2.14. The van der Waals surface area contributed by atoms with Crippen LogP contribution in [0, 0.1) is 13.7 Å². The molecule has 128 valence electrons. The molecule has 0 aromatic heterocycles. The fraction of sp³-hybridized carbons (Fsp3) is 0. The lowest BCUT2D eigenvalue weighted by Crippen LogP contribution is -2.34. The van der Waals surface area contributed by atoms with Crippen molar-refractivity contribution in [3.63, 3.8) is 0 Å². The number of aromatic carboxylic acids is 1. The molecule has 0 heterocycles. The molecule has 0 aliphatic rings. The second kappa shape index (κ2) is 7.98. The molecular formula is C15H10IN3O5S. The first-order valence-corrected chi connectivity index (χ1v) is 8.16. The van der Waals surface area contributed by atoms with Crippen molar-refractivity contribution in [1.29, 1.82) is 0 Å². The highest BCUT2D eigenvalue weighted by Crippen LogP contribution is 2.19. The first-order valence-electron chi connectivity index (χ1n) is 6.67. The smallest absolute Gasteiger partial charge is 0.337 e. The van der Waals surface area contributed by atoms with E-state index >= 15 is 0 Å². The summed E-state index contributed by atoms with van der Waals surface area (Å²) in [7, 11) is 0. The Morgan fingerprint density at radius 3 is 2.36 bits per heavy atom. The zero-order valence-corrected chi connectivity index (χ0v) is 15.3. The van der Waals surface area contributed by atoms with Gasteiger partial charge < -0.3 is 10.4 Å². The number of amides is 1. The number of hydrogen-bond acceptors (Lipinski definition) is 5. The van der Waals surface area contributed by atoms with Crippen LogP contribution in [0.15, 0.2) is 42.5 Å². The normalized spacial score (nSPS) is 9.96. The summed E-state index contributed by atoms with van der Waals surface area (Å²) in [5.41, 5.74) is 0.291. The third kappa shape index (κ3) is 4.93. The number of carbonyl (C=O) groups excluding carboxylic acids is 1. The lowest BCUT2D eigenvalue weighted by molar-refractivity contribution is -0.384. The number of non-ortho nitro benzene ring substituents is 1. The van der Waals surface area contributed by atoms with Crippen LogP contribution in [0.2, 0.25) is 0 Å². The van der Waals surface area contributed by atoms with Crippen LogP contribution in [0.3, 0.4) is 0 Å². The standard InChI is InChI=1S/C15H10IN3O5S/c16-9-3-6-12(11(7-9)14(21)22)17-15(25)18-13(20)8-1-4-10(5-2-8)19(23)24/h1-7H,(H,21,22)(H2,17,18,20,25). The molecule has 2 aromatic carbocycles. The minimum absolute atomic E-state index is 0.0128. The summed E-state index contributed by atoms with van der Waals surface area (Å²) < 4.78 is 0.737. The minimum Gasteiger partial charge on any atom is -0.478 e. The van der Waals surface area contributed by atoms with Crippen LogP contribution < -0.4 is 10.6 Å². The first-order chi connectivity index (χ1) is 11.8. The van der Waals surface area contributed by atoms with E-state index in [1.807, 2.05) is 22.6 Å². The highest BCUT2D eigenvalue weighted by atomic mass is 127. The third-order valence-corrected chi connectivity index (χ3v) is 3.90. The van der Waals surface area contributed by atoms with E-state index in [9.17, 15) is 24.8 Å². The fourth-order valence-corrected chi connectivity index (χ4v) is 2.56. The van der Waals surface area contributed by atoms with Crippen molar-refractivity contribution in [2.24, 2.45) is 0 Å². The Hall–Kier alpha value is -2.60. The topological polar surface area (TPSA) is 122 Å². The van der Waals surface area contributed by atoms with E-state index in [-0.39, 0.29) is 27.6 Å². The van der Waals surface area contributed by atoms with Gasteiger partial charge in [0.05, 0.1) is 16.2 Å². The second-order valence-corrected chi connectivity index (χ2v) is 6.36. The van der Waals surface area contributed by atoms with Gasteiger partial charge in [0.25, 0.3) is 11.6 Å². The van der Waals surface area contributed by atoms with E-state index in [0.717, 1.165) is 3.57 Å². The molecule has 0 saturated heterocycles. The molecular weight excluding hydrogens is 461 g/mol. The molecule has 0 bridgehead atoms. The molecule has 3 N–H and O–H groups in total. The van der Waals surface area contributed by atoms with Crippen LogP contribution in [0.1, 0.15) is 20.7 Å². The number of nitro benzene ring substituents is 1. The van der Waals surface area contributed by atoms with E-state index in [4.69, 9.17) is 12.2 Å². The van der Waals surface area contributed by atoms with Crippen LogP contribution >= 0.6 is 34.8 Å². The van der Waals surface area contributed by atoms with Crippen molar-refractivity contribution in [2.75, 3.05) is 5.32 Å².